The van der Waals surface area contributed by atoms with Gasteiger partial charge in [-0.1, -0.05) is 71.7 Å². The molecule has 1 N–H and O–H groups in total. The summed E-state index contributed by atoms with van der Waals surface area (Å²) in [5.74, 6) is -0.371. The minimum atomic E-state index is -4.22. The minimum absolute atomic E-state index is 0.0129. The van der Waals surface area contributed by atoms with Crippen LogP contribution in [0.15, 0.2) is 83.9 Å². The lowest BCUT2D eigenvalue weighted by Gasteiger charge is -2.29. The Morgan fingerprint density at radius 2 is 1.73 bits per heavy atom. The highest BCUT2D eigenvalue weighted by Crippen LogP contribution is 2.25. The zero-order valence-electron chi connectivity index (χ0n) is 19.6. The van der Waals surface area contributed by atoms with Crippen molar-refractivity contribution in [2.75, 3.05) is 11.4 Å². The van der Waals surface area contributed by atoms with Crippen molar-refractivity contribution in [2.45, 2.75) is 24.3 Å². The van der Waals surface area contributed by atoms with E-state index in [0.29, 0.717) is 23.2 Å². The minimum Gasteiger partial charge on any atom is -0.336 e. The topological polar surface area (TPSA) is 92.3 Å². The van der Waals surface area contributed by atoms with Crippen LogP contribution in [-0.2, 0) is 29.4 Å². The largest absolute Gasteiger partial charge is 0.336 e. The van der Waals surface area contributed by atoms with E-state index in [9.17, 15) is 13.2 Å². The standard InChI is InChI=1S/C27H22Cl2N4O3S/c28-21-9-5-6-18(14-21)15-24-22(26(34)32-37(35,36)25-11-4-3-10-23(25)29)16-30-27(31-24)33-13-12-19-7-1-2-8-20(19)17-33/h1-11,14,16H,12-13,15,17H2,(H,32,34). The fraction of sp³-hybridized carbons (Fsp3) is 0.148. The summed E-state index contributed by atoms with van der Waals surface area (Å²) >= 11 is 12.2. The van der Waals surface area contributed by atoms with Crippen LogP contribution in [0.5, 0.6) is 0 Å². The highest BCUT2D eigenvalue weighted by molar-refractivity contribution is 7.90. The number of anilines is 1. The third-order valence-electron chi connectivity index (χ3n) is 6.13. The van der Waals surface area contributed by atoms with Crippen molar-refractivity contribution < 1.29 is 13.2 Å². The lowest BCUT2D eigenvalue weighted by molar-refractivity contribution is 0.0980. The van der Waals surface area contributed by atoms with Gasteiger partial charge in [0.1, 0.15) is 4.90 Å². The molecule has 7 nitrogen and oxygen atoms in total. The molecule has 1 aromatic heterocycles. The summed E-state index contributed by atoms with van der Waals surface area (Å²) in [6.45, 7) is 1.36. The highest BCUT2D eigenvalue weighted by Gasteiger charge is 2.25. The second kappa shape index (κ2) is 10.5. The summed E-state index contributed by atoms with van der Waals surface area (Å²) in [4.78, 5) is 24.2. The molecule has 0 aliphatic carbocycles. The molecule has 1 aliphatic rings. The molecule has 4 aromatic rings. The molecule has 2 heterocycles. The monoisotopic (exact) mass is 552 g/mol. The van der Waals surface area contributed by atoms with Crippen molar-refractivity contribution in [2.24, 2.45) is 0 Å². The first-order valence-electron chi connectivity index (χ1n) is 11.5. The predicted octanol–water partition coefficient (Wildman–Crippen LogP) is 5.06. The lowest BCUT2D eigenvalue weighted by Crippen LogP contribution is -2.34. The molecule has 188 valence electrons. The average Bonchev–Trinajstić information content (AvgIpc) is 2.88. The Kier molecular flexibility index (Phi) is 7.15. The maximum atomic E-state index is 13.2. The van der Waals surface area contributed by atoms with E-state index in [0.717, 1.165) is 18.5 Å². The van der Waals surface area contributed by atoms with Crippen molar-refractivity contribution in [3.63, 3.8) is 0 Å². The molecule has 0 fully saturated rings. The van der Waals surface area contributed by atoms with Crippen molar-refractivity contribution in [1.82, 2.24) is 14.7 Å². The van der Waals surface area contributed by atoms with Gasteiger partial charge in [0.2, 0.25) is 5.95 Å². The van der Waals surface area contributed by atoms with E-state index in [1.54, 1.807) is 18.2 Å². The number of rotatable bonds is 6. The lowest BCUT2D eigenvalue weighted by atomic mass is 10.0. The van der Waals surface area contributed by atoms with Gasteiger partial charge in [0.05, 0.1) is 16.3 Å². The Morgan fingerprint density at radius 3 is 2.51 bits per heavy atom. The fourth-order valence-corrected chi connectivity index (χ4v) is 5.98. The van der Waals surface area contributed by atoms with Gasteiger partial charge in [0.25, 0.3) is 15.9 Å². The Balaban J connectivity index is 1.49. The smallest absolute Gasteiger partial charge is 0.268 e. The van der Waals surface area contributed by atoms with Crippen LogP contribution in [-0.4, -0.2) is 30.8 Å². The number of nitrogens with zero attached hydrogens (tertiary/aromatic N) is 3. The van der Waals surface area contributed by atoms with Gasteiger partial charge in [-0.25, -0.2) is 23.1 Å². The van der Waals surface area contributed by atoms with Gasteiger partial charge in [-0.2, -0.15) is 0 Å². The molecule has 10 heteroatoms. The summed E-state index contributed by atoms with van der Waals surface area (Å²) in [6.07, 6.45) is 2.48. The van der Waals surface area contributed by atoms with Crippen LogP contribution < -0.4 is 9.62 Å². The second-order valence-corrected chi connectivity index (χ2v) is 11.1. The Morgan fingerprint density at radius 1 is 0.973 bits per heavy atom. The predicted molar refractivity (Wildman–Crippen MR) is 144 cm³/mol. The van der Waals surface area contributed by atoms with Crippen LogP contribution in [0, 0.1) is 0 Å². The number of fused-ring (bicyclic) bond motifs is 1. The van der Waals surface area contributed by atoms with Gasteiger partial charge >= 0.3 is 0 Å². The van der Waals surface area contributed by atoms with Crippen LogP contribution in [0.1, 0.15) is 32.7 Å². The molecule has 37 heavy (non-hydrogen) atoms. The molecule has 0 unspecified atom stereocenters. The van der Waals surface area contributed by atoms with Crippen LogP contribution in [0.4, 0.5) is 5.95 Å². The SMILES string of the molecule is O=C(NS(=O)(=O)c1ccccc1Cl)c1cnc(N2CCc3ccccc3C2)nc1Cc1cccc(Cl)c1. The van der Waals surface area contributed by atoms with E-state index in [2.05, 4.69) is 21.8 Å². The van der Waals surface area contributed by atoms with Crippen molar-refractivity contribution in [3.8, 4) is 0 Å². The molecule has 3 aromatic carbocycles. The Labute approximate surface area is 225 Å². The second-order valence-electron chi connectivity index (χ2n) is 8.64. The van der Waals surface area contributed by atoms with Crippen molar-refractivity contribution in [3.05, 3.63) is 117 Å². The van der Waals surface area contributed by atoms with Crippen molar-refractivity contribution >= 4 is 45.1 Å². The van der Waals surface area contributed by atoms with Gasteiger partial charge in [-0.05, 0) is 47.4 Å². The van der Waals surface area contributed by atoms with Crippen LogP contribution >= 0.6 is 23.2 Å². The molecular formula is C27H22Cl2N4O3S. The number of amides is 1. The zero-order chi connectivity index (χ0) is 26.0. The Hall–Kier alpha value is -3.46. The first-order chi connectivity index (χ1) is 17.8. The number of halogens is 2. The van der Waals surface area contributed by atoms with E-state index in [1.165, 1.54) is 35.5 Å². The summed E-state index contributed by atoms with van der Waals surface area (Å²) in [7, 11) is -4.22. The third kappa shape index (κ3) is 5.61. The van der Waals surface area contributed by atoms with E-state index < -0.39 is 15.9 Å². The number of hydrogen-bond donors (Lipinski definition) is 1. The molecule has 1 aliphatic heterocycles. The molecule has 1 amide bonds. The van der Waals surface area contributed by atoms with Gasteiger partial charge in [-0.3, -0.25) is 4.79 Å². The summed E-state index contributed by atoms with van der Waals surface area (Å²) in [6, 6.07) is 21.4. The molecule has 0 radical (unpaired) electrons. The quantitative estimate of drug-likeness (QED) is 0.359. The third-order valence-corrected chi connectivity index (χ3v) is 8.19. The molecule has 0 atom stereocenters. The number of aromatic nitrogens is 2. The van der Waals surface area contributed by atoms with Crippen LogP contribution in [0.3, 0.4) is 0 Å². The summed E-state index contributed by atoms with van der Waals surface area (Å²) in [5.41, 5.74) is 3.75. The first kappa shape index (κ1) is 25.2. The Bertz CT molecular complexity index is 1590. The maximum absolute atomic E-state index is 13.2. The molecule has 0 spiro atoms. The van der Waals surface area contributed by atoms with Gasteiger partial charge in [0.15, 0.2) is 0 Å². The molecule has 0 bridgehead atoms. The van der Waals surface area contributed by atoms with E-state index >= 15 is 0 Å². The summed E-state index contributed by atoms with van der Waals surface area (Å²) in [5, 5.41) is 0.561. The number of carbonyl (C=O) groups is 1. The number of benzene rings is 3. The van der Waals surface area contributed by atoms with Gasteiger partial charge in [-0.15, -0.1) is 0 Å². The molecule has 0 saturated heterocycles. The van der Waals surface area contributed by atoms with Crippen LogP contribution in [0.25, 0.3) is 0 Å². The zero-order valence-corrected chi connectivity index (χ0v) is 21.9. The average molecular weight is 553 g/mol. The van der Waals surface area contributed by atoms with Gasteiger partial charge in [0, 0.05) is 30.7 Å². The molecule has 5 rings (SSSR count). The van der Waals surface area contributed by atoms with Crippen LogP contribution in [0.2, 0.25) is 10.0 Å². The number of nitrogens with one attached hydrogen (secondary N) is 1. The number of sulfonamides is 1. The first-order valence-corrected chi connectivity index (χ1v) is 13.8. The number of hydrogen-bond acceptors (Lipinski definition) is 6. The van der Waals surface area contributed by atoms with E-state index in [1.807, 2.05) is 29.2 Å². The van der Waals surface area contributed by atoms with Crippen molar-refractivity contribution in [1.29, 1.82) is 0 Å². The fourth-order valence-electron chi connectivity index (χ4n) is 4.28. The summed E-state index contributed by atoms with van der Waals surface area (Å²) < 4.78 is 27.9. The normalized spacial score (nSPS) is 13.2. The van der Waals surface area contributed by atoms with E-state index in [4.69, 9.17) is 28.2 Å². The van der Waals surface area contributed by atoms with Gasteiger partial charge < -0.3 is 4.90 Å². The number of carbonyl (C=O) groups excluding carboxylic acids is 1. The molecular weight excluding hydrogens is 531 g/mol. The highest BCUT2D eigenvalue weighted by atomic mass is 35.5. The molecule has 0 saturated carbocycles. The van der Waals surface area contributed by atoms with E-state index in [-0.39, 0.29) is 21.9 Å². The maximum Gasteiger partial charge on any atom is 0.268 e.